The highest BCUT2D eigenvalue weighted by molar-refractivity contribution is 5.90. The van der Waals surface area contributed by atoms with Gasteiger partial charge in [0, 0.05) is 25.4 Å². The molecule has 0 radical (unpaired) electrons. The Hall–Kier alpha value is -3.35. The van der Waals surface area contributed by atoms with Crippen LogP contribution in [0.4, 0.5) is 4.79 Å². The van der Waals surface area contributed by atoms with E-state index in [0.29, 0.717) is 19.5 Å². The fraction of sp³-hybridized carbons (Fsp3) is 0.464. The van der Waals surface area contributed by atoms with Gasteiger partial charge in [-0.3, -0.25) is 9.59 Å². The summed E-state index contributed by atoms with van der Waals surface area (Å²) in [5, 5.41) is 11.9. The van der Waals surface area contributed by atoms with Gasteiger partial charge in [-0.15, -0.1) is 0 Å². The molecule has 3 aliphatic rings. The Labute approximate surface area is 205 Å². The van der Waals surface area contributed by atoms with Gasteiger partial charge in [-0.05, 0) is 66.7 Å². The minimum atomic E-state index is -1.01. The number of carbonyl (C=O) groups excluding carboxylic acids is 2. The quantitative estimate of drug-likeness (QED) is 0.589. The zero-order chi connectivity index (χ0) is 24.6. The van der Waals surface area contributed by atoms with E-state index in [0.717, 1.165) is 30.4 Å². The Morgan fingerprint density at radius 1 is 1.03 bits per heavy atom. The molecule has 184 valence electrons. The Kier molecular flexibility index (Phi) is 6.26. The third-order valence-electron chi connectivity index (χ3n) is 7.88. The van der Waals surface area contributed by atoms with Crippen molar-refractivity contribution in [3.8, 4) is 11.1 Å². The lowest BCUT2D eigenvalue weighted by Gasteiger charge is -2.33. The van der Waals surface area contributed by atoms with Crippen molar-refractivity contribution in [2.24, 2.45) is 11.8 Å². The number of nitrogens with zero attached hydrogens (tertiary/aromatic N) is 1. The van der Waals surface area contributed by atoms with E-state index in [1.807, 2.05) is 24.3 Å². The van der Waals surface area contributed by atoms with Gasteiger partial charge in [-0.1, -0.05) is 48.5 Å². The van der Waals surface area contributed by atoms with E-state index in [-0.39, 0.29) is 36.7 Å². The number of amides is 2. The standard InChI is InChI=1S/C28H32N2O5/c1-28(19-11-12-19,26(33)30-15-14-18(16-30)10-13-25(31)32)29-27(34)35-17-24-22-8-4-2-6-20(22)21-7-3-5-9-23(21)24/h2-9,18-19,24H,10-17H2,1H3,(H,29,34)(H,31,32). The summed E-state index contributed by atoms with van der Waals surface area (Å²) in [5.74, 6) is -0.660. The molecule has 35 heavy (non-hydrogen) atoms. The second kappa shape index (κ2) is 9.36. The molecule has 2 amide bonds. The van der Waals surface area contributed by atoms with Crippen LogP contribution in [0.5, 0.6) is 0 Å². The number of carboxylic acid groups (broad SMARTS) is 1. The lowest BCUT2D eigenvalue weighted by molar-refractivity contribution is -0.137. The molecule has 2 fully saturated rings. The van der Waals surface area contributed by atoms with E-state index < -0.39 is 17.6 Å². The van der Waals surface area contributed by atoms with Crippen molar-refractivity contribution in [3.05, 3.63) is 59.7 Å². The van der Waals surface area contributed by atoms with Gasteiger partial charge < -0.3 is 20.1 Å². The molecule has 7 nitrogen and oxygen atoms in total. The molecule has 5 rings (SSSR count). The molecule has 2 atom stereocenters. The molecule has 2 unspecified atom stereocenters. The van der Waals surface area contributed by atoms with Crippen LogP contribution in [-0.4, -0.2) is 53.2 Å². The predicted molar refractivity (Wildman–Crippen MR) is 131 cm³/mol. The molecular weight excluding hydrogens is 444 g/mol. The Balaban J connectivity index is 1.23. The van der Waals surface area contributed by atoms with Crippen LogP contribution in [-0.2, 0) is 14.3 Å². The number of carboxylic acids is 1. The van der Waals surface area contributed by atoms with Crippen molar-refractivity contribution in [2.75, 3.05) is 19.7 Å². The van der Waals surface area contributed by atoms with E-state index in [2.05, 4.69) is 29.6 Å². The molecule has 1 saturated heterocycles. The third kappa shape index (κ3) is 4.64. The summed E-state index contributed by atoms with van der Waals surface area (Å²) in [4.78, 5) is 39.1. The zero-order valence-corrected chi connectivity index (χ0v) is 20.0. The number of benzene rings is 2. The van der Waals surface area contributed by atoms with Crippen LogP contribution in [0.1, 0.15) is 56.1 Å². The second-order valence-corrected chi connectivity index (χ2v) is 10.3. The normalized spacial score (nSPS) is 20.6. The van der Waals surface area contributed by atoms with E-state index >= 15 is 0 Å². The van der Waals surface area contributed by atoms with Gasteiger partial charge in [0.2, 0.25) is 5.91 Å². The first-order valence-electron chi connectivity index (χ1n) is 12.5. The number of hydrogen-bond acceptors (Lipinski definition) is 4. The van der Waals surface area contributed by atoms with Crippen LogP contribution >= 0.6 is 0 Å². The Morgan fingerprint density at radius 2 is 1.66 bits per heavy atom. The maximum absolute atomic E-state index is 13.5. The van der Waals surface area contributed by atoms with Crippen molar-refractivity contribution >= 4 is 18.0 Å². The number of ether oxygens (including phenoxy) is 1. The molecule has 0 spiro atoms. The van der Waals surface area contributed by atoms with Gasteiger partial charge in [0.15, 0.2) is 0 Å². The number of alkyl carbamates (subject to hydrolysis) is 1. The van der Waals surface area contributed by atoms with Crippen LogP contribution in [0.3, 0.4) is 0 Å². The minimum absolute atomic E-state index is 0.0374. The number of fused-ring (bicyclic) bond motifs is 3. The van der Waals surface area contributed by atoms with Gasteiger partial charge in [-0.2, -0.15) is 0 Å². The number of rotatable bonds is 8. The summed E-state index contributed by atoms with van der Waals surface area (Å²) in [7, 11) is 0. The van der Waals surface area contributed by atoms with Gasteiger partial charge >= 0.3 is 12.1 Å². The summed E-state index contributed by atoms with van der Waals surface area (Å²) >= 11 is 0. The highest BCUT2D eigenvalue weighted by Crippen LogP contribution is 2.45. The molecule has 7 heteroatoms. The molecule has 0 aromatic heterocycles. The molecule has 1 heterocycles. The molecule has 2 N–H and O–H groups in total. The topological polar surface area (TPSA) is 95.9 Å². The van der Waals surface area contributed by atoms with Crippen molar-refractivity contribution < 1.29 is 24.2 Å². The average Bonchev–Trinajstić information content (AvgIpc) is 3.53. The first-order chi connectivity index (χ1) is 16.9. The van der Waals surface area contributed by atoms with E-state index in [4.69, 9.17) is 9.84 Å². The summed E-state index contributed by atoms with van der Waals surface area (Å²) < 4.78 is 5.73. The van der Waals surface area contributed by atoms with Crippen molar-refractivity contribution in [1.82, 2.24) is 10.2 Å². The third-order valence-corrected chi connectivity index (χ3v) is 7.88. The van der Waals surface area contributed by atoms with E-state index in [9.17, 15) is 14.4 Å². The summed E-state index contributed by atoms with van der Waals surface area (Å²) in [6.07, 6.45) is 2.69. The van der Waals surface area contributed by atoms with Crippen LogP contribution in [0.2, 0.25) is 0 Å². The molecule has 2 aromatic carbocycles. The number of carbonyl (C=O) groups is 3. The maximum Gasteiger partial charge on any atom is 0.408 e. The Bertz CT molecular complexity index is 1100. The van der Waals surface area contributed by atoms with E-state index in [1.54, 1.807) is 11.8 Å². The first kappa shape index (κ1) is 23.4. The van der Waals surface area contributed by atoms with Crippen LogP contribution < -0.4 is 5.32 Å². The van der Waals surface area contributed by atoms with E-state index in [1.165, 1.54) is 11.1 Å². The summed E-state index contributed by atoms with van der Waals surface area (Å²) in [6.45, 7) is 3.15. The van der Waals surface area contributed by atoms with Gasteiger partial charge in [0.25, 0.3) is 0 Å². The molecule has 1 aliphatic heterocycles. The van der Waals surface area contributed by atoms with Crippen LogP contribution in [0, 0.1) is 11.8 Å². The highest BCUT2D eigenvalue weighted by Gasteiger charge is 2.51. The fourth-order valence-corrected chi connectivity index (χ4v) is 5.75. The second-order valence-electron chi connectivity index (χ2n) is 10.3. The van der Waals surface area contributed by atoms with Gasteiger partial charge in [0.1, 0.15) is 12.1 Å². The fourth-order valence-electron chi connectivity index (χ4n) is 5.75. The van der Waals surface area contributed by atoms with Crippen molar-refractivity contribution in [2.45, 2.75) is 50.5 Å². The van der Waals surface area contributed by atoms with Crippen molar-refractivity contribution in [3.63, 3.8) is 0 Å². The predicted octanol–water partition coefficient (Wildman–Crippen LogP) is 4.41. The lowest BCUT2D eigenvalue weighted by atomic mass is 9.94. The van der Waals surface area contributed by atoms with Crippen LogP contribution in [0.25, 0.3) is 11.1 Å². The smallest absolute Gasteiger partial charge is 0.408 e. The van der Waals surface area contributed by atoms with Crippen molar-refractivity contribution in [1.29, 1.82) is 0 Å². The number of likely N-dealkylation sites (tertiary alicyclic amines) is 1. The van der Waals surface area contributed by atoms with Gasteiger partial charge in [0.05, 0.1) is 0 Å². The molecule has 2 aliphatic carbocycles. The number of hydrogen-bond donors (Lipinski definition) is 2. The highest BCUT2D eigenvalue weighted by atomic mass is 16.5. The Morgan fingerprint density at radius 3 is 2.26 bits per heavy atom. The van der Waals surface area contributed by atoms with Gasteiger partial charge in [-0.25, -0.2) is 4.79 Å². The zero-order valence-electron chi connectivity index (χ0n) is 20.0. The number of nitrogens with one attached hydrogen (secondary N) is 1. The average molecular weight is 477 g/mol. The minimum Gasteiger partial charge on any atom is -0.481 e. The largest absolute Gasteiger partial charge is 0.481 e. The molecule has 2 aromatic rings. The monoisotopic (exact) mass is 476 g/mol. The summed E-state index contributed by atoms with van der Waals surface area (Å²) in [5.41, 5.74) is 3.62. The molecular formula is C28H32N2O5. The SMILES string of the molecule is CC(NC(=O)OCC1c2ccccc2-c2ccccc21)(C(=O)N1CCC(CCC(=O)O)C1)C1CC1. The van der Waals surface area contributed by atoms with Crippen LogP contribution in [0.15, 0.2) is 48.5 Å². The number of aliphatic carboxylic acids is 1. The lowest BCUT2D eigenvalue weighted by Crippen LogP contribution is -2.59. The maximum atomic E-state index is 13.5. The summed E-state index contributed by atoms with van der Waals surface area (Å²) in [6, 6.07) is 16.4. The molecule has 0 bridgehead atoms. The molecule has 1 saturated carbocycles. The first-order valence-corrected chi connectivity index (χ1v) is 12.5.